The van der Waals surface area contributed by atoms with E-state index in [0.717, 1.165) is 19.3 Å². The van der Waals surface area contributed by atoms with Crippen LogP contribution in [0.4, 0.5) is 0 Å². The molecule has 0 aliphatic heterocycles. The Labute approximate surface area is 121 Å². The van der Waals surface area contributed by atoms with E-state index in [2.05, 4.69) is 29.6 Å². The van der Waals surface area contributed by atoms with Crippen LogP contribution >= 0.6 is 0 Å². The molecule has 1 N–H and O–H groups in total. The molecule has 1 aliphatic rings. The van der Waals surface area contributed by atoms with Crippen molar-refractivity contribution in [1.82, 2.24) is 5.32 Å². The quantitative estimate of drug-likeness (QED) is 0.862. The first-order valence-electron chi connectivity index (χ1n) is 7.41. The van der Waals surface area contributed by atoms with Gasteiger partial charge >= 0.3 is 5.97 Å². The van der Waals surface area contributed by atoms with Gasteiger partial charge in [-0.15, -0.1) is 0 Å². The SMILES string of the molecule is CC(NC1CCc2ccccc2C1)C(=O)OC(C)(C)C. The van der Waals surface area contributed by atoms with Gasteiger partial charge in [-0.05, 0) is 58.1 Å². The van der Waals surface area contributed by atoms with E-state index in [1.807, 2.05) is 27.7 Å². The van der Waals surface area contributed by atoms with Gasteiger partial charge in [-0.2, -0.15) is 0 Å². The van der Waals surface area contributed by atoms with E-state index in [0.29, 0.717) is 6.04 Å². The third-order valence-corrected chi connectivity index (χ3v) is 3.59. The van der Waals surface area contributed by atoms with Crippen LogP contribution in [-0.4, -0.2) is 23.7 Å². The number of rotatable bonds is 3. The molecule has 0 aromatic heterocycles. The summed E-state index contributed by atoms with van der Waals surface area (Å²) in [6.45, 7) is 7.58. The zero-order valence-electron chi connectivity index (χ0n) is 12.9. The summed E-state index contributed by atoms with van der Waals surface area (Å²) in [6.07, 6.45) is 3.14. The number of carbonyl (C=O) groups is 1. The van der Waals surface area contributed by atoms with Gasteiger partial charge in [-0.25, -0.2) is 0 Å². The topological polar surface area (TPSA) is 38.3 Å². The maximum absolute atomic E-state index is 12.0. The lowest BCUT2D eigenvalue weighted by Crippen LogP contribution is -2.46. The maximum Gasteiger partial charge on any atom is 0.323 e. The highest BCUT2D eigenvalue weighted by Gasteiger charge is 2.25. The fourth-order valence-corrected chi connectivity index (χ4v) is 2.65. The van der Waals surface area contributed by atoms with Crippen LogP contribution in [0.15, 0.2) is 24.3 Å². The molecule has 2 unspecified atom stereocenters. The Morgan fingerprint density at radius 1 is 1.30 bits per heavy atom. The summed E-state index contributed by atoms with van der Waals surface area (Å²) in [5, 5.41) is 3.41. The number of nitrogens with one attached hydrogen (secondary N) is 1. The van der Waals surface area contributed by atoms with Gasteiger partial charge < -0.3 is 10.1 Å². The highest BCUT2D eigenvalue weighted by atomic mass is 16.6. The van der Waals surface area contributed by atoms with Crippen molar-refractivity contribution in [3.05, 3.63) is 35.4 Å². The van der Waals surface area contributed by atoms with E-state index in [4.69, 9.17) is 4.74 Å². The van der Waals surface area contributed by atoms with Crippen molar-refractivity contribution in [2.75, 3.05) is 0 Å². The summed E-state index contributed by atoms with van der Waals surface area (Å²) in [5.41, 5.74) is 2.41. The summed E-state index contributed by atoms with van der Waals surface area (Å²) >= 11 is 0. The van der Waals surface area contributed by atoms with E-state index in [-0.39, 0.29) is 12.0 Å². The Balaban J connectivity index is 1.90. The van der Waals surface area contributed by atoms with E-state index in [9.17, 15) is 4.79 Å². The predicted octanol–water partition coefficient (Wildman–Crippen LogP) is 2.86. The Hall–Kier alpha value is -1.35. The molecule has 1 aromatic carbocycles. The molecule has 20 heavy (non-hydrogen) atoms. The number of esters is 1. The minimum atomic E-state index is -0.424. The molecule has 2 rings (SSSR count). The summed E-state index contributed by atoms with van der Waals surface area (Å²) < 4.78 is 5.41. The average Bonchev–Trinajstić information content (AvgIpc) is 2.36. The third kappa shape index (κ3) is 4.07. The molecule has 3 nitrogen and oxygen atoms in total. The van der Waals surface area contributed by atoms with Crippen LogP contribution in [-0.2, 0) is 22.4 Å². The largest absolute Gasteiger partial charge is 0.459 e. The zero-order valence-corrected chi connectivity index (χ0v) is 12.9. The highest BCUT2D eigenvalue weighted by Crippen LogP contribution is 2.21. The molecule has 0 heterocycles. The number of hydrogen-bond acceptors (Lipinski definition) is 3. The molecule has 1 aromatic rings. The van der Waals surface area contributed by atoms with Crippen molar-refractivity contribution in [3.8, 4) is 0 Å². The van der Waals surface area contributed by atoms with Crippen LogP contribution in [0, 0.1) is 0 Å². The molecule has 0 spiro atoms. The molecule has 0 radical (unpaired) electrons. The molecule has 0 bridgehead atoms. The summed E-state index contributed by atoms with van der Waals surface area (Å²) in [4.78, 5) is 12.0. The number of fused-ring (bicyclic) bond motifs is 1. The standard InChI is InChI=1S/C17H25NO2/c1-12(16(19)20-17(2,3)4)18-15-10-9-13-7-5-6-8-14(13)11-15/h5-8,12,15,18H,9-11H2,1-4H3. The van der Waals surface area contributed by atoms with Gasteiger partial charge in [0.25, 0.3) is 0 Å². The van der Waals surface area contributed by atoms with Gasteiger partial charge in [0.1, 0.15) is 11.6 Å². The molecular weight excluding hydrogens is 250 g/mol. The van der Waals surface area contributed by atoms with Crippen LogP contribution in [0.5, 0.6) is 0 Å². The van der Waals surface area contributed by atoms with Gasteiger partial charge in [-0.1, -0.05) is 24.3 Å². The first-order valence-corrected chi connectivity index (χ1v) is 7.41. The Morgan fingerprint density at radius 2 is 1.95 bits per heavy atom. The number of carbonyl (C=O) groups excluding carboxylic acids is 1. The van der Waals surface area contributed by atoms with Crippen molar-refractivity contribution in [2.45, 2.75) is 64.6 Å². The molecule has 110 valence electrons. The molecule has 0 saturated heterocycles. The van der Waals surface area contributed by atoms with E-state index < -0.39 is 5.60 Å². The van der Waals surface area contributed by atoms with Gasteiger partial charge in [-0.3, -0.25) is 4.79 Å². The summed E-state index contributed by atoms with van der Waals surface area (Å²) in [5.74, 6) is -0.170. The normalized spacial score (nSPS) is 20.1. The van der Waals surface area contributed by atoms with Gasteiger partial charge in [0.05, 0.1) is 0 Å². The summed E-state index contributed by atoms with van der Waals surface area (Å²) in [7, 11) is 0. The summed E-state index contributed by atoms with van der Waals surface area (Å²) in [6, 6.07) is 8.65. The van der Waals surface area contributed by atoms with Gasteiger partial charge in [0, 0.05) is 6.04 Å². The molecule has 0 amide bonds. The number of hydrogen-bond donors (Lipinski definition) is 1. The molecule has 1 aliphatic carbocycles. The molecule has 0 fully saturated rings. The Kier molecular flexibility index (Phi) is 4.48. The average molecular weight is 275 g/mol. The molecule has 0 saturated carbocycles. The predicted molar refractivity (Wildman–Crippen MR) is 80.7 cm³/mol. The fourth-order valence-electron chi connectivity index (χ4n) is 2.65. The lowest BCUT2D eigenvalue weighted by Gasteiger charge is -2.29. The molecular formula is C17H25NO2. The Morgan fingerprint density at radius 3 is 2.60 bits per heavy atom. The van der Waals surface area contributed by atoms with Crippen molar-refractivity contribution >= 4 is 5.97 Å². The second-order valence-corrected chi connectivity index (χ2v) is 6.63. The number of aryl methyl sites for hydroxylation is 1. The molecule has 2 atom stereocenters. The lowest BCUT2D eigenvalue weighted by atomic mass is 9.88. The van der Waals surface area contributed by atoms with Gasteiger partial charge in [0.2, 0.25) is 0 Å². The van der Waals surface area contributed by atoms with Crippen molar-refractivity contribution in [3.63, 3.8) is 0 Å². The van der Waals surface area contributed by atoms with Crippen LogP contribution in [0.2, 0.25) is 0 Å². The number of ether oxygens (including phenoxy) is 1. The van der Waals surface area contributed by atoms with Crippen LogP contribution < -0.4 is 5.32 Å². The highest BCUT2D eigenvalue weighted by molar-refractivity contribution is 5.75. The maximum atomic E-state index is 12.0. The van der Waals surface area contributed by atoms with E-state index in [1.165, 1.54) is 11.1 Å². The van der Waals surface area contributed by atoms with E-state index in [1.54, 1.807) is 0 Å². The second kappa shape index (κ2) is 5.96. The van der Waals surface area contributed by atoms with Crippen LogP contribution in [0.1, 0.15) is 45.2 Å². The molecule has 3 heteroatoms. The van der Waals surface area contributed by atoms with Crippen molar-refractivity contribution in [2.24, 2.45) is 0 Å². The lowest BCUT2D eigenvalue weighted by molar-refractivity contribution is -0.157. The minimum Gasteiger partial charge on any atom is -0.459 e. The van der Waals surface area contributed by atoms with Crippen LogP contribution in [0.25, 0.3) is 0 Å². The Bertz CT molecular complexity index is 476. The van der Waals surface area contributed by atoms with Crippen molar-refractivity contribution < 1.29 is 9.53 Å². The first kappa shape index (κ1) is 15.0. The minimum absolute atomic E-state index is 0.170. The first-order chi connectivity index (χ1) is 9.35. The second-order valence-electron chi connectivity index (χ2n) is 6.63. The number of benzene rings is 1. The fraction of sp³-hybridized carbons (Fsp3) is 0.588. The van der Waals surface area contributed by atoms with E-state index >= 15 is 0 Å². The third-order valence-electron chi connectivity index (χ3n) is 3.59. The smallest absolute Gasteiger partial charge is 0.323 e. The van der Waals surface area contributed by atoms with Gasteiger partial charge in [0.15, 0.2) is 0 Å². The van der Waals surface area contributed by atoms with Crippen molar-refractivity contribution in [1.29, 1.82) is 0 Å². The van der Waals surface area contributed by atoms with Crippen LogP contribution in [0.3, 0.4) is 0 Å². The monoisotopic (exact) mass is 275 g/mol. The zero-order chi connectivity index (χ0) is 14.8.